The second-order valence-corrected chi connectivity index (χ2v) is 6.28. The van der Waals surface area contributed by atoms with Crippen molar-refractivity contribution in [2.24, 2.45) is 0 Å². The van der Waals surface area contributed by atoms with Crippen molar-refractivity contribution in [3.63, 3.8) is 0 Å². The summed E-state index contributed by atoms with van der Waals surface area (Å²) in [4.78, 5) is 34.6. The van der Waals surface area contributed by atoms with E-state index >= 15 is 0 Å². The zero-order chi connectivity index (χ0) is 17.5. The van der Waals surface area contributed by atoms with Crippen molar-refractivity contribution in [1.82, 2.24) is 10.6 Å². The lowest BCUT2D eigenvalue weighted by Gasteiger charge is -2.22. The number of aliphatic carboxylic acids is 1. The highest BCUT2D eigenvalue weighted by atomic mass is 16.6. The summed E-state index contributed by atoms with van der Waals surface area (Å²) < 4.78 is 5.03. The van der Waals surface area contributed by atoms with Crippen LogP contribution in [0, 0.1) is 0 Å². The average molecular weight is 314 g/mol. The molecule has 3 N–H and O–H groups in total. The molecule has 0 unspecified atom stereocenters. The van der Waals surface area contributed by atoms with Crippen LogP contribution in [0.3, 0.4) is 0 Å². The molecule has 0 fully saturated rings. The topological polar surface area (TPSA) is 105 Å². The van der Waals surface area contributed by atoms with Gasteiger partial charge < -0.3 is 20.5 Å². The van der Waals surface area contributed by atoms with Gasteiger partial charge in [-0.05, 0) is 48.0 Å². The number of carboxylic acid groups (broad SMARTS) is 1. The van der Waals surface area contributed by atoms with E-state index in [1.165, 1.54) is 6.92 Å². The number of hydrogen-bond acceptors (Lipinski definition) is 4. The fourth-order valence-corrected chi connectivity index (χ4v) is 1.42. The van der Waals surface area contributed by atoms with Crippen LogP contribution in [0.4, 0.5) is 4.79 Å². The molecule has 0 radical (unpaired) electrons. The van der Waals surface area contributed by atoms with Gasteiger partial charge in [-0.25, -0.2) is 9.59 Å². The molecule has 0 bridgehead atoms. The highest BCUT2D eigenvalue weighted by Crippen LogP contribution is 2.07. The van der Waals surface area contributed by atoms with E-state index in [4.69, 9.17) is 9.84 Å². The van der Waals surface area contributed by atoms with Gasteiger partial charge in [0.15, 0.2) is 0 Å². The molecule has 0 spiro atoms. The standard InChI is InChI=1S/C15H26N2O5/c1-9(2)7-8-11(13(19)20)17-12(18)10(3)16-14(21)22-15(4,5)6/h7,10-11H,8H2,1-6H3,(H,16,21)(H,17,18)(H,19,20)/t10-,11-/m0/s1. The van der Waals surface area contributed by atoms with Gasteiger partial charge in [-0.15, -0.1) is 0 Å². The van der Waals surface area contributed by atoms with Gasteiger partial charge in [0, 0.05) is 0 Å². The molecule has 0 rings (SSSR count). The number of hydrogen-bond donors (Lipinski definition) is 3. The Bertz CT molecular complexity index is 447. The number of carbonyl (C=O) groups is 3. The van der Waals surface area contributed by atoms with E-state index in [1.807, 2.05) is 13.8 Å². The summed E-state index contributed by atoms with van der Waals surface area (Å²) in [5.41, 5.74) is 0.285. The van der Waals surface area contributed by atoms with E-state index in [2.05, 4.69) is 10.6 Å². The van der Waals surface area contributed by atoms with Gasteiger partial charge in [0.05, 0.1) is 0 Å². The minimum atomic E-state index is -1.13. The third-order valence-electron chi connectivity index (χ3n) is 2.50. The molecule has 0 aromatic rings. The molecular weight excluding hydrogens is 288 g/mol. The number of amides is 2. The monoisotopic (exact) mass is 314 g/mol. The van der Waals surface area contributed by atoms with Crippen LogP contribution < -0.4 is 10.6 Å². The fraction of sp³-hybridized carbons (Fsp3) is 0.667. The Morgan fingerprint density at radius 2 is 1.73 bits per heavy atom. The summed E-state index contributed by atoms with van der Waals surface area (Å²) in [5, 5.41) is 13.8. The average Bonchev–Trinajstić information content (AvgIpc) is 2.30. The Balaban J connectivity index is 4.57. The summed E-state index contributed by atoms with van der Waals surface area (Å²) in [7, 11) is 0. The molecule has 2 amide bonds. The lowest BCUT2D eigenvalue weighted by atomic mass is 10.1. The first-order chi connectivity index (χ1) is 9.92. The molecule has 0 heterocycles. The lowest BCUT2D eigenvalue weighted by molar-refractivity contribution is -0.141. The zero-order valence-electron chi connectivity index (χ0n) is 14.0. The van der Waals surface area contributed by atoms with Gasteiger partial charge in [-0.1, -0.05) is 11.6 Å². The number of carboxylic acids is 1. The molecular formula is C15H26N2O5. The molecule has 2 atom stereocenters. The molecule has 126 valence electrons. The SMILES string of the molecule is CC(C)=CC[C@H](NC(=O)[C@H](C)NC(=O)OC(C)(C)C)C(=O)O. The minimum absolute atomic E-state index is 0.183. The summed E-state index contributed by atoms with van der Waals surface area (Å²) in [6.07, 6.45) is 1.18. The molecule has 0 aromatic heterocycles. The molecule has 22 heavy (non-hydrogen) atoms. The molecule has 0 aliphatic heterocycles. The van der Waals surface area contributed by atoms with E-state index < -0.39 is 35.7 Å². The quantitative estimate of drug-likeness (QED) is 0.649. The molecule has 0 aliphatic rings. The van der Waals surface area contributed by atoms with Crippen LogP contribution in [0.2, 0.25) is 0 Å². The van der Waals surface area contributed by atoms with Gasteiger partial charge in [-0.3, -0.25) is 4.79 Å². The second-order valence-electron chi connectivity index (χ2n) is 6.28. The van der Waals surface area contributed by atoms with Crippen LogP contribution in [0.1, 0.15) is 48.0 Å². The maximum atomic E-state index is 11.9. The van der Waals surface area contributed by atoms with Gasteiger partial charge in [0.1, 0.15) is 17.7 Å². The lowest BCUT2D eigenvalue weighted by Crippen LogP contribution is -2.51. The van der Waals surface area contributed by atoms with Crippen molar-refractivity contribution in [2.75, 3.05) is 0 Å². The first kappa shape index (κ1) is 19.9. The van der Waals surface area contributed by atoms with Crippen molar-refractivity contribution >= 4 is 18.0 Å². The molecule has 0 saturated carbocycles. The summed E-state index contributed by atoms with van der Waals surface area (Å²) in [5.74, 6) is -1.71. The van der Waals surface area contributed by atoms with Gasteiger partial charge in [0.25, 0.3) is 0 Å². The predicted molar refractivity (Wildman–Crippen MR) is 82.4 cm³/mol. The van der Waals surface area contributed by atoms with Crippen LogP contribution in [-0.4, -0.2) is 40.8 Å². The molecule has 0 aliphatic carbocycles. The van der Waals surface area contributed by atoms with Crippen molar-refractivity contribution in [3.05, 3.63) is 11.6 Å². The number of nitrogens with one attached hydrogen (secondary N) is 2. The molecule has 7 nitrogen and oxygen atoms in total. The highest BCUT2D eigenvalue weighted by Gasteiger charge is 2.24. The van der Waals surface area contributed by atoms with Gasteiger partial charge in [0.2, 0.25) is 5.91 Å². The third-order valence-corrected chi connectivity index (χ3v) is 2.50. The number of alkyl carbamates (subject to hydrolysis) is 1. The van der Waals surface area contributed by atoms with E-state index in [0.717, 1.165) is 5.57 Å². The molecule has 7 heteroatoms. The van der Waals surface area contributed by atoms with Gasteiger partial charge in [-0.2, -0.15) is 0 Å². The number of rotatable bonds is 6. The summed E-state index contributed by atoms with van der Waals surface area (Å²) >= 11 is 0. The Morgan fingerprint density at radius 1 is 1.18 bits per heavy atom. The molecule has 0 saturated heterocycles. The van der Waals surface area contributed by atoms with E-state index in [9.17, 15) is 14.4 Å². The Morgan fingerprint density at radius 3 is 2.14 bits per heavy atom. The van der Waals surface area contributed by atoms with E-state index in [-0.39, 0.29) is 6.42 Å². The maximum absolute atomic E-state index is 11.9. The number of carbonyl (C=O) groups excluding carboxylic acids is 2. The second kappa shape index (κ2) is 8.41. The minimum Gasteiger partial charge on any atom is -0.480 e. The Hall–Kier alpha value is -2.05. The van der Waals surface area contributed by atoms with Crippen LogP contribution in [-0.2, 0) is 14.3 Å². The van der Waals surface area contributed by atoms with Crippen molar-refractivity contribution in [2.45, 2.75) is 65.6 Å². The predicted octanol–water partition coefficient (Wildman–Crippen LogP) is 1.83. The van der Waals surface area contributed by atoms with Crippen LogP contribution in [0.5, 0.6) is 0 Å². The third kappa shape index (κ3) is 8.99. The van der Waals surface area contributed by atoms with E-state index in [0.29, 0.717) is 0 Å². The number of allylic oxidation sites excluding steroid dienone is 1. The van der Waals surface area contributed by atoms with Crippen LogP contribution in [0.25, 0.3) is 0 Å². The number of ether oxygens (including phenoxy) is 1. The van der Waals surface area contributed by atoms with Crippen molar-refractivity contribution in [3.8, 4) is 0 Å². The smallest absolute Gasteiger partial charge is 0.408 e. The van der Waals surface area contributed by atoms with E-state index in [1.54, 1.807) is 26.8 Å². The fourth-order valence-electron chi connectivity index (χ4n) is 1.42. The van der Waals surface area contributed by atoms with Crippen LogP contribution in [0.15, 0.2) is 11.6 Å². The van der Waals surface area contributed by atoms with Gasteiger partial charge >= 0.3 is 12.1 Å². The highest BCUT2D eigenvalue weighted by molar-refractivity contribution is 5.89. The van der Waals surface area contributed by atoms with Crippen molar-refractivity contribution < 1.29 is 24.2 Å². The maximum Gasteiger partial charge on any atom is 0.408 e. The normalized spacial score (nSPS) is 13.5. The Labute approximate surface area is 131 Å². The summed E-state index contributed by atoms with van der Waals surface area (Å²) in [6.45, 7) is 10.3. The van der Waals surface area contributed by atoms with Crippen molar-refractivity contribution in [1.29, 1.82) is 0 Å². The Kier molecular flexibility index (Phi) is 7.62. The largest absolute Gasteiger partial charge is 0.480 e. The van der Waals surface area contributed by atoms with Crippen LogP contribution >= 0.6 is 0 Å². The molecule has 0 aromatic carbocycles. The zero-order valence-corrected chi connectivity index (χ0v) is 14.0. The summed E-state index contributed by atoms with van der Waals surface area (Å²) in [6, 6.07) is -1.94. The first-order valence-corrected chi connectivity index (χ1v) is 7.08. The first-order valence-electron chi connectivity index (χ1n) is 7.08.